The number of hydrogen-bond donors (Lipinski definition) is 4. The first-order chi connectivity index (χ1) is 40.8. The number of halogens is 1. The van der Waals surface area contributed by atoms with E-state index in [9.17, 15) is 24.9 Å². The van der Waals surface area contributed by atoms with Gasteiger partial charge in [0.15, 0.2) is 17.3 Å². The van der Waals surface area contributed by atoms with Crippen LogP contribution < -0.4 is 16.0 Å². The van der Waals surface area contributed by atoms with Crippen LogP contribution in [0.4, 0.5) is 17.1 Å². The van der Waals surface area contributed by atoms with Gasteiger partial charge in [0.1, 0.15) is 13.8 Å². The van der Waals surface area contributed by atoms with Gasteiger partial charge in [-0.05, 0) is 165 Å². The fraction of sp³-hybridized carbons (Fsp3) is 0.333. The van der Waals surface area contributed by atoms with E-state index in [0.29, 0.717) is 16.7 Å². The molecule has 0 radical (unpaired) electrons. The highest BCUT2D eigenvalue weighted by atomic mass is 127. The lowest BCUT2D eigenvalue weighted by atomic mass is 9.63. The van der Waals surface area contributed by atoms with Gasteiger partial charge in [0, 0.05) is 82.8 Å². The molecule has 14 heteroatoms. The molecule has 3 aliphatic heterocycles. The van der Waals surface area contributed by atoms with Gasteiger partial charge in [-0.1, -0.05) is 106 Å². The van der Waals surface area contributed by atoms with Crippen molar-refractivity contribution >= 4 is 65.1 Å². The molecule has 4 N–H and O–H groups in total. The second kappa shape index (κ2) is 22.7. The van der Waals surface area contributed by atoms with Crippen molar-refractivity contribution in [3.05, 3.63) is 190 Å². The van der Waals surface area contributed by atoms with E-state index in [1.807, 2.05) is 60.7 Å². The van der Waals surface area contributed by atoms with Crippen LogP contribution in [0.15, 0.2) is 97.2 Å². The first-order valence-electron chi connectivity index (χ1n) is 29.3. The first-order valence-corrected chi connectivity index (χ1v) is 33.9. The molecule has 0 spiro atoms. The Bertz CT molecular complexity index is 4210. The number of carbonyl (C=O) groups is 3. The van der Waals surface area contributed by atoms with Gasteiger partial charge in [-0.25, -0.2) is 0 Å². The van der Waals surface area contributed by atoms with Gasteiger partial charge < -0.3 is 16.0 Å². The predicted molar refractivity (Wildman–Crippen MR) is 352 cm³/mol. The third-order valence-corrected chi connectivity index (χ3v) is 20.5. The van der Waals surface area contributed by atoms with Gasteiger partial charge in [0.05, 0.1) is 58.8 Å². The molecule has 0 saturated carbocycles. The van der Waals surface area contributed by atoms with Crippen LogP contribution in [0.2, 0.25) is 19.6 Å². The van der Waals surface area contributed by atoms with Crippen molar-refractivity contribution in [1.82, 2.24) is 15.4 Å². The number of aryl methyl sites for hydroxylation is 3. The van der Waals surface area contributed by atoms with Crippen molar-refractivity contribution in [2.75, 3.05) is 16.0 Å². The molecule has 0 fully saturated rings. The molecule has 0 saturated heterocycles. The molecule has 13 rings (SSSR count). The van der Waals surface area contributed by atoms with E-state index in [0.717, 1.165) is 114 Å². The van der Waals surface area contributed by atoms with E-state index in [-0.39, 0.29) is 69.5 Å². The summed E-state index contributed by atoms with van der Waals surface area (Å²) in [6.07, 6.45) is 15.1. The number of hydrogen-bond acceptors (Lipinski definition) is 11. The molecule has 4 heterocycles. The van der Waals surface area contributed by atoms with Crippen LogP contribution in [-0.4, -0.2) is 59.0 Å². The molecule has 6 aromatic carbocycles. The van der Waals surface area contributed by atoms with Crippen molar-refractivity contribution in [2.45, 2.75) is 153 Å². The smallest absolute Gasteiger partial charge is 0.172 e. The number of aromatic amines is 1. The van der Waals surface area contributed by atoms with Gasteiger partial charge in [-0.15, -0.1) is 18.4 Å². The highest BCUT2D eigenvalue weighted by Crippen LogP contribution is 2.55. The topological polar surface area (TPSA) is 200 Å². The van der Waals surface area contributed by atoms with Gasteiger partial charge in [0.2, 0.25) is 0 Å². The molecule has 12 nitrogen and oxygen atoms in total. The van der Waals surface area contributed by atoms with E-state index >= 15 is 0 Å². The van der Waals surface area contributed by atoms with Gasteiger partial charge >= 0.3 is 0 Å². The Morgan fingerprint density at radius 2 is 0.907 bits per heavy atom. The second-order valence-corrected chi connectivity index (χ2v) is 31.8. The highest BCUT2D eigenvalue weighted by molar-refractivity contribution is 14.1. The molecule has 7 aromatic rings. The number of benzene rings is 6. The summed E-state index contributed by atoms with van der Waals surface area (Å²) in [6.45, 7) is 25.8. The number of fused-ring (bicyclic) bond motifs is 12. The molecule has 6 unspecified atom stereocenters. The lowest BCUT2D eigenvalue weighted by Gasteiger charge is -2.42. The summed E-state index contributed by atoms with van der Waals surface area (Å²) in [5.74, 6) is 2.58. The number of Topliss-reactive ketones (excluding diaryl/α,β-unsaturated/α-hetero) is 3. The maximum atomic E-state index is 13.6. The number of rotatable bonds is 4. The van der Waals surface area contributed by atoms with Gasteiger partial charge in [-0.2, -0.15) is 31.2 Å². The summed E-state index contributed by atoms with van der Waals surface area (Å²) in [6, 6.07) is 35.6. The number of nitrogens with one attached hydrogen (secondary N) is 4. The number of aromatic nitrogens is 3. The Hall–Kier alpha value is -8.59. The van der Waals surface area contributed by atoms with Gasteiger partial charge in [-0.3, -0.25) is 14.4 Å². The zero-order valence-corrected chi connectivity index (χ0v) is 54.0. The second-order valence-electron chi connectivity index (χ2n) is 25.9. The van der Waals surface area contributed by atoms with Crippen molar-refractivity contribution in [1.29, 1.82) is 15.8 Å². The van der Waals surface area contributed by atoms with E-state index in [1.54, 1.807) is 18.3 Å². The number of H-pyrrole nitrogens is 1. The molecule has 0 amide bonds. The Labute approximate surface area is 520 Å². The quantitative estimate of drug-likeness (QED) is 0.0742. The average Bonchev–Trinajstić information content (AvgIpc) is 1.50. The van der Waals surface area contributed by atoms with E-state index in [1.165, 1.54) is 9.13 Å². The minimum atomic E-state index is -1.10. The van der Waals surface area contributed by atoms with Crippen LogP contribution in [0.25, 0.3) is 11.3 Å². The minimum Gasteiger partial charge on any atom is -0.380 e. The van der Waals surface area contributed by atoms with E-state index in [2.05, 4.69) is 184 Å². The van der Waals surface area contributed by atoms with Crippen molar-refractivity contribution in [2.24, 2.45) is 0 Å². The Balaban J connectivity index is 0.000000137. The van der Waals surface area contributed by atoms with Crippen molar-refractivity contribution in [3.8, 4) is 53.8 Å². The summed E-state index contributed by atoms with van der Waals surface area (Å²) in [5, 5.41) is 49.1. The molecule has 0 bridgehead atoms. The average molecular weight is 1260 g/mol. The number of terminal acetylenes is 2. The maximum Gasteiger partial charge on any atom is 0.172 e. The zero-order chi connectivity index (χ0) is 62.1. The number of carbonyl (C=O) groups excluding carboxylic acids is 3. The molecule has 1 aromatic heterocycles. The standard InChI is InChI=1S/C23H21N5O.C23H20N2O.C21H19IN2O.C5H10Si/c1-4-13-8-16-17(9-15(13)19-11-25-28-27-19)23(2,3)22-20(21(16)29)14-6-5-12(10-24)7-18(14)26-22;1-5-14-10-17-18(11-15(14)6-2)23(3,4)22-20(21(17)26)16-8-7-13(12-24)9-19(16)25-22;1-4-12-8-14-15(9-16(12)22)21(2,3)20-18(19(14)25)13-6-5-11(10-23)7-17(13)24-20;1-5-6(2,3)4/h5-9,11,20,22,26H,4H2,1-3H3,(H,25,27,28);2,7-11,20,22,25H,5H2,1,3-4H3;5-9,18,20,24H,4H2,1-3H3;1H,2-4H3. The third-order valence-electron chi connectivity index (χ3n) is 18.6. The summed E-state index contributed by atoms with van der Waals surface area (Å²) < 4.78 is 1.22. The largest absolute Gasteiger partial charge is 0.380 e. The molecule has 432 valence electrons. The lowest BCUT2D eigenvalue weighted by Crippen LogP contribution is -2.48. The van der Waals surface area contributed by atoms with Crippen molar-refractivity contribution < 1.29 is 14.4 Å². The molecular formula is C72H70IN9O3Si. The fourth-order valence-corrected chi connectivity index (χ4v) is 14.6. The fourth-order valence-electron chi connectivity index (χ4n) is 13.7. The van der Waals surface area contributed by atoms with Crippen LogP contribution in [-0.2, 0) is 35.5 Å². The normalized spacial score (nSPS) is 20.9. The summed E-state index contributed by atoms with van der Waals surface area (Å²) >= 11 is 2.37. The van der Waals surface area contributed by atoms with E-state index < -0.39 is 8.07 Å². The molecule has 6 atom stereocenters. The van der Waals surface area contributed by atoms with Crippen LogP contribution in [0.5, 0.6) is 0 Å². The Morgan fingerprint density at radius 3 is 1.26 bits per heavy atom. The predicted octanol–water partition coefficient (Wildman–Crippen LogP) is 14.4. The van der Waals surface area contributed by atoms with E-state index in [4.69, 9.17) is 18.1 Å². The summed E-state index contributed by atoms with van der Waals surface area (Å²) in [5.41, 5.74) is 21.2. The minimum absolute atomic E-state index is 0.0136. The molecule has 3 aliphatic carbocycles. The number of anilines is 3. The Morgan fingerprint density at radius 1 is 0.535 bits per heavy atom. The third kappa shape index (κ3) is 10.2. The number of ketones is 3. The maximum absolute atomic E-state index is 13.6. The van der Waals surface area contributed by atoms with Crippen LogP contribution >= 0.6 is 22.6 Å². The Kier molecular flexibility index (Phi) is 16.0. The molecular weight excluding hydrogens is 1190 g/mol. The monoisotopic (exact) mass is 1260 g/mol. The number of nitrogens with zero attached hydrogens (tertiary/aromatic N) is 5. The van der Waals surface area contributed by atoms with Gasteiger partial charge in [0.25, 0.3) is 0 Å². The van der Waals surface area contributed by atoms with Crippen LogP contribution in [0, 0.1) is 61.9 Å². The first kappa shape index (κ1) is 60.5. The summed E-state index contributed by atoms with van der Waals surface area (Å²) in [4.78, 5) is 40.4. The zero-order valence-electron chi connectivity index (χ0n) is 50.8. The highest BCUT2D eigenvalue weighted by Gasteiger charge is 2.54. The summed E-state index contributed by atoms with van der Waals surface area (Å²) in [7, 11) is -1.10. The number of nitriles is 3. The molecule has 86 heavy (non-hydrogen) atoms. The van der Waals surface area contributed by atoms with Crippen LogP contribution in [0.3, 0.4) is 0 Å². The lowest BCUT2D eigenvalue weighted by molar-refractivity contribution is 0.0914. The molecule has 6 aliphatic rings. The SMILES string of the molecule is C#C[Si](C)(C)C.C#Cc1cc2c(cc1CC)C(=O)C1c3ccc(C#N)cc3NC1C2(C)C.CCc1cc2c(cc1-c1cn[nH]n1)C(C)(C)C1Nc3cc(C#N)ccc3C1C2=O.CCc1cc2c(cc1I)C(C)(C)C1Nc3cc(C#N)ccc3C1C2=O. The van der Waals surface area contributed by atoms with Crippen LogP contribution in [0.1, 0.15) is 183 Å². The van der Waals surface area contributed by atoms with Crippen molar-refractivity contribution in [3.63, 3.8) is 0 Å².